The van der Waals surface area contributed by atoms with Crippen LogP contribution in [0.2, 0.25) is 24.2 Å². The van der Waals surface area contributed by atoms with Gasteiger partial charge in [-0.3, -0.25) is 0 Å². The third kappa shape index (κ3) is 5.68. The van der Waals surface area contributed by atoms with Crippen molar-refractivity contribution in [2.24, 2.45) is 47.3 Å². The summed E-state index contributed by atoms with van der Waals surface area (Å²) in [7, 11) is -1.62. The zero-order valence-corrected chi connectivity index (χ0v) is 34.7. The molecule has 2 fully saturated rings. The van der Waals surface area contributed by atoms with Gasteiger partial charge in [-0.15, -0.1) is 0 Å². The van der Waals surface area contributed by atoms with Crippen LogP contribution >= 0.6 is 0 Å². The van der Waals surface area contributed by atoms with E-state index in [-0.39, 0.29) is 65.4 Å². The van der Waals surface area contributed by atoms with Crippen LogP contribution in [0.15, 0.2) is 44.6 Å². The summed E-state index contributed by atoms with van der Waals surface area (Å²) in [5.74, 6) is 6.30. The van der Waals surface area contributed by atoms with Crippen LogP contribution in [0.5, 0.6) is 0 Å². The van der Waals surface area contributed by atoms with Crippen molar-refractivity contribution < 1.29 is 65.4 Å². The minimum atomic E-state index is -1.62. The van der Waals surface area contributed by atoms with Gasteiger partial charge in [-0.1, -0.05) is 63.1 Å². The molecule has 0 aromatic heterocycles. The molecule has 0 N–H and O–H groups in total. The summed E-state index contributed by atoms with van der Waals surface area (Å²) in [5, 5.41) is 0. The van der Waals surface area contributed by atoms with Gasteiger partial charge in [0.25, 0.3) is 0 Å². The van der Waals surface area contributed by atoms with E-state index in [2.05, 4.69) is 96.2 Å². The third-order valence-corrected chi connectivity index (χ3v) is 17.9. The van der Waals surface area contributed by atoms with Crippen LogP contribution in [0.3, 0.4) is 0 Å². The maximum atomic E-state index is 2.83. The first-order chi connectivity index (χ1) is 16.6. The fourth-order valence-electron chi connectivity index (χ4n) is 10.2. The number of fused-ring (bicyclic) bond motifs is 2. The van der Waals surface area contributed by atoms with Gasteiger partial charge < -0.3 is 6.42 Å². The normalized spacial score (nSPS) is 38.8. The van der Waals surface area contributed by atoms with Crippen LogP contribution in [-0.2, 0) is 65.4 Å². The predicted molar refractivity (Wildman–Crippen MR) is 165 cm³/mol. The molecule has 0 aromatic rings. The van der Waals surface area contributed by atoms with Gasteiger partial charge in [0.1, 0.15) is 0 Å². The molecule has 0 nitrogen and oxygen atoms in total. The van der Waals surface area contributed by atoms with Crippen molar-refractivity contribution in [1.82, 2.24) is 0 Å². The zero-order valence-electron chi connectivity index (χ0n) is 28.0. The van der Waals surface area contributed by atoms with Crippen LogP contribution in [0.1, 0.15) is 96.9 Å². The molecule has 0 heterocycles. The van der Waals surface area contributed by atoms with E-state index >= 15 is 0 Å². The summed E-state index contributed by atoms with van der Waals surface area (Å²) in [6.45, 7) is 39.6. The standard InChI is InChI=1S/C32H52Si.C3H7.2Y/c1-15-17(3)21(7)29-27(19(15)5)23(9)25(11)31(29)33(13,14)32-26(12)24(10)28-20(6)16(2)18(4)22(8)30(28)32;1-3-2;;/h23-32H,1-14H3;3H,1-2H3;;/q;-1;;. The Kier molecular flexibility index (Phi) is 13.6. The number of allylic oxidation sites excluding steroid dienone is 8. The Morgan fingerprint density at radius 2 is 0.658 bits per heavy atom. The van der Waals surface area contributed by atoms with Gasteiger partial charge >= 0.3 is 0 Å². The first-order valence-electron chi connectivity index (χ1n) is 15.0. The second-order valence-corrected chi connectivity index (χ2v) is 19.2. The molecule has 4 rings (SSSR count). The van der Waals surface area contributed by atoms with Gasteiger partial charge in [-0.25, -0.2) is 0 Å². The second kappa shape index (κ2) is 13.8. The van der Waals surface area contributed by atoms with E-state index in [1.54, 1.807) is 44.6 Å². The Hall–Kier alpha value is 1.38. The largest absolute Gasteiger partial charge is 0.335 e. The van der Waals surface area contributed by atoms with Crippen LogP contribution in [0.25, 0.3) is 0 Å². The monoisotopic (exact) mass is 685 g/mol. The van der Waals surface area contributed by atoms with Gasteiger partial charge in [-0.2, -0.15) is 13.8 Å². The SMILES string of the molecule is CC1=C(C)C2C(C)C(C)C([Si](C)(C)C3C(C)C(C)C4C(C)=C(C)C(C)=C(C)C43)C2C(C)=C1C.C[CH-]C.[Y].[Y]. The van der Waals surface area contributed by atoms with Crippen LogP contribution in [0, 0.1) is 53.8 Å². The molecule has 38 heavy (non-hydrogen) atoms. The first kappa shape index (κ1) is 37.4. The van der Waals surface area contributed by atoms with Crippen molar-refractivity contribution in [3.05, 3.63) is 51.0 Å². The molecule has 4 aliphatic carbocycles. The summed E-state index contributed by atoms with van der Waals surface area (Å²) < 4.78 is 0. The molecular formula is C35H59SiY2-. The summed E-state index contributed by atoms with van der Waals surface area (Å²) >= 11 is 0. The van der Waals surface area contributed by atoms with E-state index < -0.39 is 8.07 Å². The smallest absolute Gasteiger partial charge is 0.0553 e. The van der Waals surface area contributed by atoms with E-state index in [1.807, 2.05) is 20.3 Å². The molecule has 3 heteroatoms. The maximum absolute atomic E-state index is 2.83. The van der Waals surface area contributed by atoms with Crippen molar-refractivity contribution in [2.45, 2.75) is 121 Å². The Labute approximate surface area is 290 Å². The Morgan fingerprint density at radius 1 is 0.447 bits per heavy atom. The molecule has 0 bridgehead atoms. The molecule has 4 aliphatic rings. The minimum absolute atomic E-state index is 0. The fourth-order valence-corrected chi connectivity index (χ4v) is 16.7. The van der Waals surface area contributed by atoms with Crippen molar-refractivity contribution in [2.75, 3.05) is 0 Å². The molecule has 0 saturated heterocycles. The Morgan fingerprint density at radius 3 is 0.895 bits per heavy atom. The molecule has 2 radical (unpaired) electrons. The molecule has 0 spiro atoms. The average molecular weight is 686 g/mol. The van der Waals surface area contributed by atoms with E-state index in [9.17, 15) is 0 Å². The number of hydrogen-bond donors (Lipinski definition) is 0. The second-order valence-electron chi connectivity index (χ2n) is 14.2. The summed E-state index contributed by atoms with van der Waals surface area (Å²) in [6.07, 6.45) is 2.00. The van der Waals surface area contributed by atoms with E-state index in [4.69, 9.17) is 0 Å². The van der Waals surface area contributed by atoms with E-state index in [0.717, 1.165) is 58.4 Å². The van der Waals surface area contributed by atoms with Crippen LogP contribution in [-0.4, -0.2) is 8.07 Å². The molecule has 10 atom stereocenters. The van der Waals surface area contributed by atoms with Crippen molar-refractivity contribution in [1.29, 1.82) is 0 Å². The first-order valence-corrected chi connectivity index (χ1v) is 18.2. The van der Waals surface area contributed by atoms with Gasteiger partial charge in [0.05, 0.1) is 8.07 Å². The third-order valence-electron chi connectivity index (χ3n) is 12.7. The molecule has 2 saturated carbocycles. The molecular weight excluding hydrogens is 626 g/mol. The van der Waals surface area contributed by atoms with Gasteiger partial charge in [0, 0.05) is 65.4 Å². The molecule has 10 unspecified atom stereocenters. The molecule has 0 aromatic carbocycles. The molecule has 0 aliphatic heterocycles. The Balaban J connectivity index is 0.00000138. The number of hydrogen-bond acceptors (Lipinski definition) is 0. The summed E-state index contributed by atoms with van der Waals surface area (Å²) in [5.41, 5.74) is 15.0. The minimum Gasteiger partial charge on any atom is -0.335 e. The summed E-state index contributed by atoms with van der Waals surface area (Å²) in [6, 6.07) is 0. The van der Waals surface area contributed by atoms with Crippen LogP contribution < -0.4 is 0 Å². The van der Waals surface area contributed by atoms with Crippen molar-refractivity contribution >= 4 is 8.07 Å². The zero-order chi connectivity index (χ0) is 27.6. The van der Waals surface area contributed by atoms with E-state index in [1.165, 1.54) is 0 Å². The maximum Gasteiger partial charge on any atom is 0.0553 e. The fraction of sp³-hybridized carbons (Fsp3) is 0.743. The van der Waals surface area contributed by atoms with E-state index in [0.29, 0.717) is 0 Å². The van der Waals surface area contributed by atoms with Gasteiger partial charge in [0.2, 0.25) is 0 Å². The van der Waals surface area contributed by atoms with Crippen molar-refractivity contribution in [3.63, 3.8) is 0 Å². The summed E-state index contributed by atoms with van der Waals surface area (Å²) in [4.78, 5) is 0. The van der Waals surface area contributed by atoms with Gasteiger partial charge in [0.15, 0.2) is 0 Å². The number of rotatable bonds is 2. The quantitative estimate of drug-likeness (QED) is 0.201. The molecule has 210 valence electrons. The van der Waals surface area contributed by atoms with Crippen LogP contribution in [0.4, 0.5) is 0 Å². The average Bonchev–Trinajstić information content (AvgIpc) is 3.25. The topological polar surface area (TPSA) is 0 Å². The Bertz CT molecular complexity index is 931. The van der Waals surface area contributed by atoms with Crippen molar-refractivity contribution in [3.8, 4) is 0 Å². The predicted octanol–water partition coefficient (Wildman–Crippen LogP) is 11.1. The van der Waals surface area contributed by atoms with Gasteiger partial charge in [-0.05, 0) is 136 Å². The molecule has 0 amide bonds.